The summed E-state index contributed by atoms with van der Waals surface area (Å²) in [6.45, 7) is 5.13. The van der Waals surface area contributed by atoms with Crippen molar-refractivity contribution < 1.29 is 22.7 Å². The van der Waals surface area contributed by atoms with Gasteiger partial charge < -0.3 is 19.2 Å². The predicted molar refractivity (Wildman–Crippen MR) is 135 cm³/mol. The number of nitrogens with one attached hydrogen (secondary N) is 1. The van der Waals surface area contributed by atoms with Crippen LogP contribution in [-0.4, -0.2) is 62.6 Å². The SMILES string of the molecule is Cn1cnnc1CC(C)(C)c1cccc(NC(=O)c2cc(CN3CCOCC3)cn(CC(F)(F)F)c2=O)c1. The molecule has 2 aromatic heterocycles. The smallest absolute Gasteiger partial charge is 0.379 e. The Kier molecular flexibility index (Phi) is 8.02. The van der Waals surface area contributed by atoms with Crippen LogP contribution in [0.5, 0.6) is 0 Å². The lowest BCUT2D eigenvalue weighted by Gasteiger charge is -2.27. The summed E-state index contributed by atoms with van der Waals surface area (Å²) >= 11 is 0. The van der Waals surface area contributed by atoms with Crippen LogP contribution in [0.4, 0.5) is 18.9 Å². The molecule has 1 fully saturated rings. The molecule has 0 radical (unpaired) electrons. The molecule has 4 rings (SSSR count). The van der Waals surface area contributed by atoms with Crippen molar-refractivity contribution in [1.29, 1.82) is 0 Å². The lowest BCUT2D eigenvalue weighted by Crippen LogP contribution is -2.37. The van der Waals surface area contributed by atoms with Gasteiger partial charge in [-0.25, -0.2) is 0 Å². The highest BCUT2D eigenvalue weighted by Crippen LogP contribution is 2.29. The van der Waals surface area contributed by atoms with Gasteiger partial charge in [-0.05, 0) is 34.7 Å². The minimum Gasteiger partial charge on any atom is -0.379 e. The molecule has 0 saturated carbocycles. The number of morpholine rings is 1. The number of nitrogens with zero attached hydrogens (tertiary/aromatic N) is 5. The van der Waals surface area contributed by atoms with Crippen molar-refractivity contribution in [3.63, 3.8) is 0 Å². The number of hydrogen-bond acceptors (Lipinski definition) is 6. The fourth-order valence-electron chi connectivity index (χ4n) is 4.46. The van der Waals surface area contributed by atoms with Crippen molar-refractivity contribution in [1.82, 2.24) is 24.2 Å². The summed E-state index contributed by atoms with van der Waals surface area (Å²) in [5.41, 5.74) is 0.0826. The van der Waals surface area contributed by atoms with Gasteiger partial charge in [0.15, 0.2) is 0 Å². The van der Waals surface area contributed by atoms with Crippen LogP contribution in [0.2, 0.25) is 0 Å². The van der Waals surface area contributed by atoms with Crippen LogP contribution in [0, 0.1) is 0 Å². The van der Waals surface area contributed by atoms with Gasteiger partial charge in [0.05, 0.1) is 13.2 Å². The number of alkyl halides is 3. The molecule has 0 atom stereocenters. The van der Waals surface area contributed by atoms with E-state index in [-0.39, 0.29) is 11.0 Å². The van der Waals surface area contributed by atoms with Crippen molar-refractivity contribution in [2.24, 2.45) is 7.05 Å². The topological polar surface area (TPSA) is 94.3 Å². The van der Waals surface area contributed by atoms with Crippen molar-refractivity contribution in [2.45, 2.75) is 44.9 Å². The highest BCUT2D eigenvalue weighted by molar-refractivity contribution is 6.04. The van der Waals surface area contributed by atoms with Crippen LogP contribution in [0.3, 0.4) is 0 Å². The minimum absolute atomic E-state index is 0.299. The Morgan fingerprint density at radius 1 is 1.16 bits per heavy atom. The lowest BCUT2D eigenvalue weighted by atomic mass is 9.81. The fraction of sp³-hybridized carbons (Fsp3) is 0.462. The Hall–Kier alpha value is -3.51. The van der Waals surface area contributed by atoms with Gasteiger partial charge in [-0.3, -0.25) is 14.5 Å². The molecule has 0 aliphatic carbocycles. The summed E-state index contributed by atoms with van der Waals surface area (Å²) in [6, 6.07) is 8.54. The number of aromatic nitrogens is 4. The normalized spacial score (nSPS) is 15.0. The molecule has 0 unspecified atom stereocenters. The van der Waals surface area contributed by atoms with Crippen LogP contribution >= 0.6 is 0 Å². The number of pyridine rings is 1. The van der Waals surface area contributed by atoms with E-state index in [0.29, 0.717) is 55.1 Å². The number of rotatable bonds is 8. The molecule has 12 heteroatoms. The second-order valence-corrected chi connectivity index (χ2v) is 10.2. The molecule has 1 saturated heterocycles. The van der Waals surface area contributed by atoms with Gasteiger partial charge in [0, 0.05) is 45.0 Å². The Balaban J connectivity index is 1.59. The molecule has 0 spiro atoms. The molecule has 1 aliphatic heterocycles. The summed E-state index contributed by atoms with van der Waals surface area (Å²) in [5.74, 6) is 0.0322. The number of ether oxygens (including phenoxy) is 1. The molecule has 1 amide bonds. The number of carbonyl (C=O) groups is 1. The highest BCUT2D eigenvalue weighted by atomic mass is 19.4. The Morgan fingerprint density at radius 2 is 1.89 bits per heavy atom. The molecule has 9 nitrogen and oxygen atoms in total. The van der Waals surface area contributed by atoms with E-state index in [1.165, 1.54) is 12.3 Å². The second-order valence-electron chi connectivity index (χ2n) is 10.2. The van der Waals surface area contributed by atoms with E-state index in [1.54, 1.807) is 24.5 Å². The molecular weight excluding hydrogens is 501 g/mol. The molecule has 3 heterocycles. The number of anilines is 1. The van der Waals surface area contributed by atoms with Crippen LogP contribution in [0.1, 0.15) is 41.2 Å². The Labute approximate surface area is 218 Å². The van der Waals surface area contributed by atoms with E-state index in [2.05, 4.69) is 15.5 Å². The van der Waals surface area contributed by atoms with Gasteiger partial charge in [0.1, 0.15) is 24.3 Å². The predicted octanol–water partition coefficient (Wildman–Crippen LogP) is 3.14. The monoisotopic (exact) mass is 532 g/mol. The molecule has 0 bridgehead atoms. The van der Waals surface area contributed by atoms with E-state index in [1.807, 2.05) is 36.4 Å². The van der Waals surface area contributed by atoms with Gasteiger partial charge in [0.25, 0.3) is 11.5 Å². The van der Waals surface area contributed by atoms with Crippen LogP contribution in [0.25, 0.3) is 0 Å². The standard InChI is InChI=1S/C26H31F3N6O3/c1-25(2,13-22-32-30-17-33(22)3)19-5-4-6-20(12-19)31-23(36)21-11-18(14-34-7-9-38-10-8-34)15-35(24(21)37)16-26(27,28)29/h4-6,11-12,15,17H,7-10,13-14,16H2,1-3H3,(H,31,36). The van der Waals surface area contributed by atoms with Gasteiger partial charge in [-0.15, -0.1) is 10.2 Å². The number of aryl methyl sites for hydroxylation is 1. The highest BCUT2D eigenvalue weighted by Gasteiger charge is 2.30. The van der Waals surface area contributed by atoms with E-state index >= 15 is 0 Å². The molecule has 1 aromatic carbocycles. The molecular formula is C26H31F3N6O3. The van der Waals surface area contributed by atoms with E-state index < -0.39 is 24.2 Å². The van der Waals surface area contributed by atoms with Crippen LogP contribution in [0.15, 0.2) is 47.7 Å². The Morgan fingerprint density at radius 3 is 2.55 bits per heavy atom. The van der Waals surface area contributed by atoms with Gasteiger partial charge in [0.2, 0.25) is 0 Å². The van der Waals surface area contributed by atoms with Gasteiger partial charge in [-0.2, -0.15) is 13.2 Å². The van der Waals surface area contributed by atoms with E-state index in [0.717, 1.165) is 11.4 Å². The zero-order chi connectivity index (χ0) is 27.5. The summed E-state index contributed by atoms with van der Waals surface area (Å²) in [6.07, 6.45) is -1.22. The van der Waals surface area contributed by atoms with Crippen LogP contribution < -0.4 is 10.9 Å². The molecule has 3 aromatic rings. The zero-order valence-electron chi connectivity index (χ0n) is 21.6. The first kappa shape index (κ1) is 27.5. The summed E-state index contributed by atoms with van der Waals surface area (Å²) < 4.78 is 47.4. The third-order valence-electron chi connectivity index (χ3n) is 6.55. The van der Waals surface area contributed by atoms with Gasteiger partial charge in [-0.1, -0.05) is 26.0 Å². The first-order valence-electron chi connectivity index (χ1n) is 12.3. The van der Waals surface area contributed by atoms with Crippen molar-refractivity contribution in [3.05, 3.63) is 75.7 Å². The third kappa shape index (κ3) is 6.87. The summed E-state index contributed by atoms with van der Waals surface area (Å²) in [4.78, 5) is 28.1. The van der Waals surface area contributed by atoms with Crippen molar-refractivity contribution in [2.75, 3.05) is 31.6 Å². The van der Waals surface area contributed by atoms with E-state index in [9.17, 15) is 22.8 Å². The lowest BCUT2D eigenvalue weighted by molar-refractivity contribution is -0.141. The molecule has 1 aliphatic rings. The molecule has 1 N–H and O–H groups in total. The van der Waals surface area contributed by atoms with Gasteiger partial charge >= 0.3 is 6.18 Å². The third-order valence-corrected chi connectivity index (χ3v) is 6.55. The van der Waals surface area contributed by atoms with Crippen molar-refractivity contribution >= 4 is 11.6 Å². The largest absolute Gasteiger partial charge is 0.406 e. The Bertz CT molecular complexity index is 1340. The maximum Gasteiger partial charge on any atom is 0.406 e. The summed E-state index contributed by atoms with van der Waals surface area (Å²) in [7, 11) is 1.86. The quantitative estimate of drug-likeness (QED) is 0.479. The molecule has 204 valence electrons. The summed E-state index contributed by atoms with van der Waals surface area (Å²) in [5, 5.41) is 10.8. The fourth-order valence-corrected chi connectivity index (χ4v) is 4.46. The maximum atomic E-state index is 13.2. The minimum atomic E-state index is -4.61. The first-order chi connectivity index (χ1) is 17.9. The average Bonchev–Trinajstić information content (AvgIpc) is 3.24. The number of hydrogen-bond donors (Lipinski definition) is 1. The number of halogens is 3. The second kappa shape index (κ2) is 11.1. The number of benzene rings is 1. The maximum absolute atomic E-state index is 13.2. The number of amides is 1. The number of carbonyl (C=O) groups excluding carboxylic acids is 1. The van der Waals surface area contributed by atoms with E-state index in [4.69, 9.17) is 4.74 Å². The zero-order valence-corrected chi connectivity index (χ0v) is 21.6. The molecule has 38 heavy (non-hydrogen) atoms. The van der Waals surface area contributed by atoms with Crippen LogP contribution in [-0.2, 0) is 36.7 Å². The average molecular weight is 533 g/mol. The first-order valence-corrected chi connectivity index (χ1v) is 12.3. The van der Waals surface area contributed by atoms with Crippen molar-refractivity contribution in [3.8, 4) is 0 Å².